The van der Waals surface area contributed by atoms with Gasteiger partial charge in [0.25, 0.3) is 0 Å². The quantitative estimate of drug-likeness (QED) is 0.246. The van der Waals surface area contributed by atoms with Crippen LogP contribution in [0.1, 0.15) is 42.9 Å². The number of hydrogen-bond donors (Lipinski definition) is 0. The molecule has 0 saturated carbocycles. The summed E-state index contributed by atoms with van der Waals surface area (Å²) in [6.07, 6.45) is 2.40. The van der Waals surface area contributed by atoms with E-state index in [1.165, 1.54) is 18.1 Å². The Labute approximate surface area is 191 Å². The monoisotopic (exact) mass is 504 g/mol. The Morgan fingerprint density at radius 2 is 1.24 bits per heavy atom. The number of fused-ring (bicyclic) bond motifs is 1. The molecule has 4 rings (SSSR count). The van der Waals surface area contributed by atoms with E-state index in [0.29, 0.717) is 11.6 Å². The molecule has 0 radical (unpaired) electrons. The summed E-state index contributed by atoms with van der Waals surface area (Å²) in [6, 6.07) is 29.8. The average molecular weight is 504 g/mol. The van der Waals surface area contributed by atoms with E-state index in [1.807, 2.05) is 0 Å². The van der Waals surface area contributed by atoms with Gasteiger partial charge in [0.2, 0.25) is 0 Å². The predicted octanol–water partition coefficient (Wildman–Crippen LogP) is 9.44. The van der Waals surface area contributed by atoms with Crippen molar-refractivity contribution in [1.82, 2.24) is 0 Å². The van der Waals surface area contributed by atoms with E-state index >= 15 is 0 Å². The van der Waals surface area contributed by atoms with Crippen LogP contribution in [-0.2, 0) is 6.16 Å². The Hall–Kier alpha value is -1.90. The molecule has 3 aromatic rings. The molecule has 1 aliphatic heterocycles. The van der Waals surface area contributed by atoms with Gasteiger partial charge in [0.15, 0.2) is 0 Å². The fourth-order valence-corrected chi connectivity index (χ4v) is 10.1. The van der Waals surface area contributed by atoms with Crippen molar-refractivity contribution < 1.29 is 25.2 Å². The van der Waals surface area contributed by atoms with Gasteiger partial charge in [-0.15, -0.1) is 0 Å². The second kappa shape index (κ2) is 8.40. The molecule has 1 heterocycles. The van der Waals surface area contributed by atoms with Crippen molar-refractivity contribution in [3.63, 3.8) is 0 Å². The van der Waals surface area contributed by atoms with Crippen LogP contribution in [0.15, 0.2) is 78.9 Å². The second-order valence-electron chi connectivity index (χ2n) is 8.61. The Morgan fingerprint density at radius 1 is 0.788 bits per heavy atom. The summed E-state index contributed by atoms with van der Waals surface area (Å²) in [5, 5.41) is 3.12. The van der Waals surface area contributed by atoms with Gasteiger partial charge in [0.1, 0.15) is 0 Å². The number of halogens is 6. The fourth-order valence-electron chi connectivity index (χ4n) is 4.96. The minimum atomic E-state index is -10.7. The molecule has 8 heteroatoms. The van der Waals surface area contributed by atoms with Crippen LogP contribution in [0.3, 0.4) is 0 Å². The zero-order valence-corrected chi connectivity index (χ0v) is 20.5. The number of benzene rings is 3. The first-order valence-corrected chi connectivity index (χ1v) is 14.8. The molecule has 2 unspecified atom stereocenters. The Kier molecular flexibility index (Phi) is 6.54. The maximum absolute atomic E-state index is 10.7. The van der Waals surface area contributed by atoms with Crippen LogP contribution in [0.2, 0.25) is 0 Å². The summed E-state index contributed by atoms with van der Waals surface area (Å²) < 4.78 is 59.2. The van der Waals surface area contributed by atoms with Gasteiger partial charge >= 0.3 is 33.0 Å². The molecule has 0 N–H and O–H groups in total. The third kappa shape index (κ3) is 6.58. The van der Waals surface area contributed by atoms with Crippen LogP contribution in [0.4, 0.5) is 25.2 Å². The molecule has 3 aromatic carbocycles. The predicted molar refractivity (Wildman–Crippen MR) is 130 cm³/mol. The molecular weight excluding hydrogens is 476 g/mol. The topological polar surface area (TPSA) is 0 Å². The molecule has 0 amide bonds. The molecule has 33 heavy (non-hydrogen) atoms. The zero-order valence-electron chi connectivity index (χ0n) is 18.7. The van der Waals surface area contributed by atoms with Gasteiger partial charge in [-0.05, 0) is 55.7 Å². The van der Waals surface area contributed by atoms with Crippen molar-refractivity contribution >= 4 is 25.7 Å². The van der Waals surface area contributed by atoms with Crippen LogP contribution in [0, 0.1) is 6.92 Å². The van der Waals surface area contributed by atoms with Gasteiger partial charge < -0.3 is 0 Å². The van der Waals surface area contributed by atoms with Crippen LogP contribution in [-0.4, -0.2) is 5.66 Å². The normalized spacial score (nSPS) is 21.6. The van der Waals surface area contributed by atoms with Crippen molar-refractivity contribution in [2.75, 3.05) is 0 Å². The van der Waals surface area contributed by atoms with Gasteiger partial charge in [-0.25, -0.2) is 0 Å². The molecule has 180 valence electrons. The Bertz CT molecular complexity index is 1050. The summed E-state index contributed by atoms with van der Waals surface area (Å²) >= 11 is 0. The molecule has 0 aromatic heterocycles. The van der Waals surface area contributed by atoms with E-state index in [0.717, 1.165) is 0 Å². The standard InChI is InChI=1S/C25H28P.F6P/c1-4-24-20(3)26(22-11-7-5-8-12-22,23-13-9-6-10-14-23)18-21-17-19(2)15-16-25(21)24;1-7(2,3,4,5)6/h5-17,20,24H,4,18H2,1-3H3;/q+1;-1. The van der Waals surface area contributed by atoms with Crippen molar-refractivity contribution in [3.8, 4) is 0 Å². The Balaban J connectivity index is 0.000000383. The van der Waals surface area contributed by atoms with E-state index in [9.17, 15) is 25.2 Å². The third-order valence-electron chi connectivity index (χ3n) is 6.27. The number of aryl methyl sites for hydroxylation is 1. The van der Waals surface area contributed by atoms with Crippen molar-refractivity contribution in [2.45, 2.75) is 44.9 Å². The summed E-state index contributed by atoms with van der Waals surface area (Å²) in [4.78, 5) is 0. The van der Waals surface area contributed by atoms with E-state index in [1.54, 1.807) is 21.7 Å². The van der Waals surface area contributed by atoms with Gasteiger partial charge in [0.05, 0.1) is 29.7 Å². The molecule has 0 spiro atoms. The van der Waals surface area contributed by atoms with E-state index in [2.05, 4.69) is 99.6 Å². The number of rotatable bonds is 3. The molecule has 0 aliphatic carbocycles. The van der Waals surface area contributed by atoms with Crippen molar-refractivity contribution in [1.29, 1.82) is 0 Å². The summed E-state index contributed by atoms with van der Waals surface area (Å²) in [7, 11) is -12.2. The van der Waals surface area contributed by atoms with Crippen LogP contribution >= 0.6 is 15.1 Å². The summed E-state index contributed by atoms with van der Waals surface area (Å²) in [5.41, 5.74) is 5.21. The summed E-state index contributed by atoms with van der Waals surface area (Å²) in [6.45, 7) is 7.11. The second-order valence-corrected chi connectivity index (χ2v) is 14.4. The molecule has 0 fully saturated rings. The fraction of sp³-hybridized carbons (Fsp3) is 0.280. The summed E-state index contributed by atoms with van der Waals surface area (Å²) in [5.74, 6) is 0.632. The van der Waals surface area contributed by atoms with Crippen LogP contribution < -0.4 is 10.6 Å². The first-order valence-electron chi connectivity index (χ1n) is 10.8. The minimum absolute atomic E-state index is 0.632. The third-order valence-corrected chi connectivity index (χ3v) is 11.3. The van der Waals surface area contributed by atoms with Gasteiger partial charge in [0, 0.05) is 5.92 Å². The SMILES string of the molecule is CCC1c2ccc(C)cc2C[P+](c2ccccc2)(c2ccccc2)C1C.F[P-](F)(F)(F)(F)F. The molecule has 2 atom stereocenters. The molecule has 0 nitrogen and oxygen atoms in total. The van der Waals surface area contributed by atoms with Gasteiger partial charge in [-0.1, -0.05) is 67.1 Å². The number of hydrogen-bond acceptors (Lipinski definition) is 0. The van der Waals surface area contributed by atoms with E-state index in [-0.39, 0.29) is 0 Å². The van der Waals surface area contributed by atoms with Gasteiger partial charge in [-0.3, -0.25) is 0 Å². The molecule has 0 saturated heterocycles. The van der Waals surface area contributed by atoms with Crippen LogP contribution in [0.5, 0.6) is 0 Å². The van der Waals surface area contributed by atoms with E-state index in [4.69, 9.17) is 0 Å². The zero-order chi connectivity index (χ0) is 24.6. The van der Waals surface area contributed by atoms with Crippen molar-refractivity contribution in [3.05, 3.63) is 95.6 Å². The van der Waals surface area contributed by atoms with Crippen LogP contribution in [0.25, 0.3) is 0 Å². The molecular formula is C25H28F6P2. The first kappa shape index (κ1) is 25.7. The average Bonchev–Trinajstić information content (AvgIpc) is 2.72. The van der Waals surface area contributed by atoms with Gasteiger partial charge in [-0.2, -0.15) is 0 Å². The molecule has 0 bridgehead atoms. The first-order chi connectivity index (χ1) is 15.1. The van der Waals surface area contributed by atoms with Crippen molar-refractivity contribution in [2.24, 2.45) is 0 Å². The molecule has 1 aliphatic rings. The maximum atomic E-state index is 9.87. The van der Waals surface area contributed by atoms with E-state index < -0.39 is 15.1 Å². The Morgan fingerprint density at radius 3 is 1.67 bits per heavy atom.